The van der Waals surface area contributed by atoms with Gasteiger partial charge in [0.05, 0.1) is 12.1 Å². The molecule has 2 atom stereocenters. The summed E-state index contributed by atoms with van der Waals surface area (Å²) in [6, 6.07) is 0.473. The second-order valence-electron chi connectivity index (χ2n) is 5.85. The zero-order valence-electron chi connectivity index (χ0n) is 12.1. The lowest BCUT2D eigenvalue weighted by Crippen LogP contribution is -2.44. The number of rotatable bonds is 7. The molecule has 1 saturated carbocycles. The first kappa shape index (κ1) is 14.1. The van der Waals surface area contributed by atoms with E-state index in [2.05, 4.69) is 18.3 Å². The molecule has 1 fully saturated rings. The van der Waals surface area contributed by atoms with Crippen molar-refractivity contribution in [3.63, 3.8) is 0 Å². The fourth-order valence-electron chi connectivity index (χ4n) is 3.11. The molecule has 1 N–H and O–H groups in total. The molecule has 0 aromatic rings. The van der Waals surface area contributed by atoms with E-state index in [0.717, 1.165) is 12.5 Å². The molecule has 0 heterocycles. The Bertz CT molecular complexity index is 270. The molecule has 2 unspecified atom stereocenters. The molecule has 2 aliphatic carbocycles. The quantitative estimate of drug-likeness (QED) is 0.697. The van der Waals surface area contributed by atoms with Crippen LogP contribution >= 0.6 is 0 Å². The van der Waals surface area contributed by atoms with Gasteiger partial charge in [0.25, 0.3) is 0 Å². The van der Waals surface area contributed by atoms with E-state index >= 15 is 0 Å². The normalized spacial score (nSPS) is 24.2. The average Bonchev–Trinajstić information content (AvgIpc) is 3.20. The summed E-state index contributed by atoms with van der Waals surface area (Å²) in [4.78, 5) is 0. The molecule has 2 nitrogen and oxygen atoms in total. The van der Waals surface area contributed by atoms with Gasteiger partial charge in [-0.3, -0.25) is 0 Å². The van der Waals surface area contributed by atoms with E-state index < -0.39 is 0 Å². The molecule has 0 bridgehead atoms. The molecule has 18 heavy (non-hydrogen) atoms. The van der Waals surface area contributed by atoms with Crippen LogP contribution in [0, 0.1) is 5.92 Å². The Hall–Kier alpha value is -0.340. The van der Waals surface area contributed by atoms with Crippen LogP contribution in [-0.2, 0) is 4.74 Å². The van der Waals surface area contributed by atoms with E-state index in [1.165, 1.54) is 51.4 Å². The average molecular weight is 251 g/mol. The molecular weight excluding hydrogens is 222 g/mol. The van der Waals surface area contributed by atoms with Crippen LogP contribution in [0.2, 0.25) is 0 Å². The highest BCUT2D eigenvalue weighted by atomic mass is 16.5. The van der Waals surface area contributed by atoms with Crippen LogP contribution in [0.1, 0.15) is 58.3 Å². The number of nitrogens with one attached hydrogen (secondary N) is 1. The summed E-state index contributed by atoms with van der Waals surface area (Å²) < 4.78 is 5.82. The van der Waals surface area contributed by atoms with Gasteiger partial charge >= 0.3 is 0 Å². The van der Waals surface area contributed by atoms with Crippen LogP contribution in [0.15, 0.2) is 11.6 Å². The monoisotopic (exact) mass is 251 g/mol. The lowest BCUT2D eigenvalue weighted by Gasteiger charge is -2.29. The minimum atomic E-state index is 0.404. The molecule has 0 spiro atoms. The van der Waals surface area contributed by atoms with Crippen LogP contribution in [0.4, 0.5) is 0 Å². The van der Waals surface area contributed by atoms with Crippen molar-refractivity contribution in [2.75, 3.05) is 13.7 Å². The Morgan fingerprint density at radius 3 is 2.83 bits per heavy atom. The topological polar surface area (TPSA) is 21.3 Å². The summed E-state index contributed by atoms with van der Waals surface area (Å²) in [5.41, 5.74) is 1.62. The number of allylic oxidation sites excluding steroid dienone is 1. The van der Waals surface area contributed by atoms with Crippen molar-refractivity contribution in [2.45, 2.75) is 70.4 Å². The van der Waals surface area contributed by atoms with Crippen LogP contribution in [-0.4, -0.2) is 25.8 Å². The van der Waals surface area contributed by atoms with Gasteiger partial charge in [0.1, 0.15) is 0 Å². The Balaban J connectivity index is 2.03. The van der Waals surface area contributed by atoms with Crippen molar-refractivity contribution in [2.24, 2.45) is 5.92 Å². The SMILES string of the molecule is CCCNC(C1=CCCCCC1)C(OC)C1CC1. The van der Waals surface area contributed by atoms with Crippen molar-refractivity contribution in [3.05, 3.63) is 11.6 Å². The van der Waals surface area contributed by atoms with E-state index in [1.807, 2.05) is 7.11 Å². The molecule has 2 aliphatic rings. The maximum absolute atomic E-state index is 5.82. The first-order chi connectivity index (χ1) is 8.86. The number of methoxy groups -OCH3 is 1. The number of hydrogen-bond donors (Lipinski definition) is 1. The third-order valence-corrected chi connectivity index (χ3v) is 4.28. The molecule has 0 radical (unpaired) electrons. The Morgan fingerprint density at radius 1 is 1.33 bits per heavy atom. The minimum absolute atomic E-state index is 0.404. The van der Waals surface area contributed by atoms with Crippen molar-refractivity contribution in [3.8, 4) is 0 Å². The van der Waals surface area contributed by atoms with E-state index in [1.54, 1.807) is 5.57 Å². The van der Waals surface area contributed by atoms with Gasteiger partial charge in [-0.05, 0) is 57.4 Å². The summed E-state index contributed by atoms with van der Waals surface area (Å²) in [5.74, 6) is 0.800. The van der Waals surface area contributed by atoms with Crippen molar-refractivity contribution in [1.82, 2.24) is 5.32 Å². The van der Waals surface area contributed by atoms with Crippen molar-refractivity contribution >= 4 is 0 Å². The van der Waals surface area contributed by atoms with E-state index in [-0.39, 0.29) is 0 Å². The van der Waals surface area contributed by atoms with E-state index in [9.17, 15) is 0 Å². The van der Waals surface area contributed by atoms with Gasteiger partial charge in [-0.1, -0.05) is 25.0 Å². The molecule has 2 heteroatoms. The highest BCUT2D eigenvalue weighted by Gasteiger charge is 2.37. The Labute approximate surface area is 112 Å². The lowest BCUT2D eigenvalue weighted by atomic mass is 9.94. The number of hydrogen-bond acceptors (Lipinski definition) is 2. The fraction of sp³-hybridized carbons (Fsp3) is 0.875. The summed E-state index contributed by atoms with van der Waals surface area (Å²) in [5, 5.41) is 3.75. The largest absolute Gasteiger partial charge is 0.379 e. The third kappa shape index (κ3) is 3.83. The van der Waals surface area contributed by atoms with Gasteiger partial charge in [0, 0.05) is 7.11 Å². The van der Waals surface area contributed by atoms with E-state index in [4.69, 9.17) is 4.74 Å². The first-order valence-electron chi connectivity index (χ1n) is 7.82. The molecule has 0 amide bonds. The van der Waals surface area contributed by atoms with Crippen molar-refractivity contribution < 1.29 is 4.74 Å². The predicted molar refractivity (Wildman–Crippen MR) is 76.8 cm³/mol. The maximum Gasteiger partial charge on any atom is 0.0790 e. The van der Waals surface area contributed by atoms with Crippen LogP contribution in [0.3, 0.4) is 0 Å². The standard InChI is InChI=1S/C16H29NO/c1-3-12-17-15(16(18-2)14-10-11-14)13-8-6-4-5-7-9-13/h8,14-17H,3-7,9-12H2,1-2H3. The molecule has 2 rings (SSSR count). The number of ether oxygens (including phenoxy) is 1. The van der Waals surface area contributed by atoms with Gasteiger partial charge in [0.2, 0.25) is 0 Å². The fourth-order valence-corrected chi connectivity index (χ4v) is 3.11. The van der Waals surface area contributed by atoms with Gasteiger partial charge in [-0.15, -0.1) is 0 Å². The minimum Gasteiger partial charge on any atom is -0.379 e. The van der Waals surface area contributed by atoms with Gasteiger partial charge in [0.15, 0.2) is 0 Å². The molecule has 0 saturated heterocycles. The Kier molecular flexibility index (Phi) is 5.71. The second-order valence-corrected chi connectivity index (χ2v) is 5.85. The first-order valence-corrected chi connectivity index (χ1v) is 7.82. The summed E-state index contributed by atoms with van der Waals surface area (Å²) in [7, 11) is 1.89. The highest BCUT2D eigenvalue weighted by Crippen LogP contribution is 2.38. The van der Waals surface area contributed by atoms with Gasteiger partial charge < -0.3 is 10.1 Å². The summed E-state index contributed by atoms with van der Waals surface area (Å²) >= 11 is 0. The summed E-state index contributed by atoms with van der Waals surface area (Å²) in [6.45, 7) is 3.35. The molecule has 0 aromatic heterocycles. The zero-order chi connectivity index (χ0) is 12.8. The van der Waals surface area contributed by atoms with Crippen molar-refractivity contribution in [1.29, 1.82) is 0 Å². The third-order valence-electron chi connectivity index (χ3n) is 4.28. The predicted octanol–water partition coefficient (Wildman–Crippen LogP) is 3.67. The van der Waals surface area contributed by atoms with Crippen LogP contribution < -0.4 is 5.32 Å². The highest BCUT2D eigenvalue weighted by molar-refractivity contribution is 5.16. The molecule has 104 valence electrons. The molecular formula is C16H29NO. The maximum atomic E-state index is 5.82. The lowest BCUT2D eigenvalue weighted by molar-refractivity contribution is 0.0603. The van der Waals surface area contributed by atoms with Crippen LogP contribution in [0.5, 0.6) is 0 Å². The Morgan fingerprint density at radius 2 is 2.17 bits per heavy atom. The second kappa shape index (κ2) is 7.30. The smallest absolute Gasteiger partial charge is 0.0790 e. The van der Waals surface area contributed by atoms with E-state index in [0.29, 0.717) is 12.1 Å². The molecule has 0 aliphatic heterocycles. The molecule has 0 aromatic carbocycles. The zero-order valence-corrected chi connectivity index (χ0v) is 12.1. The summed E-state index contributed by atoms with van der Waals surface area (Å²) in [6.07, 6.45) is 13.5. The van der Waals surface area contributed by atoms with Gasteiger partial charge in [-0.2, -0.15) is 0 Å². The van der Waals surface area contributed by atoms with Gasteiger partial charge in [-0.25, -0.2) is 0 Å². The van der Waals surface area contributed by atoms with Crippen LogP contribution in [0.25, 0.3) is 0 Å².